The number of halogens is 1. The van der Waals surface area contributed by atoms with Crippen LogP contribution in [-0.4, -0.2) is 4.87 Å². The van der Waals surface area contributed by atoms with Crippen LogP contribution in [0.15, 0.2) is 0 Å². The Morgan fingerprint density at radius 3 is 2.56 bits per heavy atom. The predicted octanol–water partition coefficient (Wildman–Crippen LogP) is 3.19. The fraction of sp³-hybridized carbons (Fsp3) is 1.00. The second-order valence-electron chi connectivity index (χ2n) is 3.35. The topological polar surface area (TPSA) is 0 Å². The molecule has 1 aliphatic carbocycles. The van der Waals surface area contributed by atoms with Crippen molar-refractivity contribution in [1.82, 2.24) is 0 Å². The Labute approximate surface area is 62.6 Å². The molecule has 9 heavy (non-hydrogen) atoms. The van der Waals surface area contributed by atoms with Crippen molar-refractivity contribution in [3.63, 3.8) is 0 Å². The van der Waals surface area contributed by atoms with Gasteiger partial charge in [0.15, 0.2) is 0 Å². The molecule has 0 saturated heterocycles. The highest BCUT2D eigenvalue weighted by atomic mass is 35.5. The summed E-state index contributed by atoms with van der Waals surface area (Å²) in [6.45, 7) is 4.48. The molecule has 0 nitrogen and oxygen atoms in total. The fourth-order valence-electron chi connectivity index (χ4n) is 1.65. The number of alkyl halides is 1. The van der Waals surface area contributed by atoms with Gasteiger partial charge >= 0.3 is 0 Å². The van der Waals surface area contributed by atoms with E-state index in [1.165, 1.54) is 19.3 Å². The summed E-state index contributed by atoms with van der Waals surface area (Å²) in [5.74, 6) is 0.863. The Morgan fingerprint density at radius 1 is 1.67 bits per heavy atom. The lowest BCUT2D eigenvalue weighted by molar-refractivity contribution is 0.536. The second kappa shape index (κ2) is 2.49. The summed E-state index contributed by atoms with van der Waals surface area (Å²) in [4.78, 5) is 0.180. The number of rotatable bonds is 1. The molecular formula is C8H15Cl. The lowest BCUT2D eigenvalue weighted by Crippen LogP contribution is -2.14. The van der Waals surface area contributed by atoms with Crippen LogP contribution < -0.4 is 0 Å². The molecule has 0 N–H and O–H groups in total. The molecular weight excluding hydrogens is 132 g/mol. The highest BCUT2D eigenvalue weighted by molar-refractivity contribution is 6.24. The van der Waals surface area contributed by atoms with Gasteiger partial charge in [-0.25, -0.2) is 0 Å². The molecule has 1 saturated carbocycles. The van der Waals surface area contributed by atoms with Crippen molar-refractivity contribution in [2.75, 3.05) is 0 Å². The monoisotopic (exact) mass is 146 g/mol. The van der Waals surface area contributed by atoms with Gasteiger partial charge in [0.2, 0.25) is 0 Å². The Hall–Kier alpha value is 0.290. The van der Waals surface area contributed by atoms with Gasteiger partial charge < -0.3 is 0 Å². The zero-order chi connectivity index (χ0) is 6.91. The molecule has 1 fully saturated rings. The van der Waals surface area contributed by atoms with E-state index in [0.29, 0.717) is 0 Å². The van der Waals surface area contributed by atoms with Crippen molar-refractivity contribution in [3.05, 3.63) is 0 Å². The van der Waals surface area contributed by atoms with Gasteiger partial charge in [0, 0.05) is 4.87 Å². The molecule has 0 radical (unpaired) electrons. The molecule has 0 amide bonds. The van der Waals surface area contributed by atoms with Crippen molar-refractivity contribution >= 4 is 11.6 Å². The molecule has 0 aromatic rings. The van der Waals surface area contributed by atoms with Crippen LogP contribution in [-0.2, 0) is 0 Å². The first-order chi connectivity index (χ1) is 4.16. The molecule has 1 rings (SSSR count). The van der Waals surface area contributed by atoms with E-state index in [1.54, 1.807) is 0 Å². The highest BCUT2D eigenvalue weighted by Gasteiger charge is 2.33. The van der Waals surface area contributed by atoms with Crippen molar-refractivity contribution in [2.45, 2.75) is 44.4 Å². The van der Waals surface area contributed by atoms with Crippen molar-refractivity contribution in [1.29, 1.82) is 0 Å². The number of hydrogen-bond acceptors (Lipinski definition) is 0. The van der Waals surface area contributed by atoms with Gasteiger partial charge in [-0.05, 0) is 31.6 Å². The normalized spacial score (nSPS) is 43.7. The van der Waals surface area contributed by atoms with Crippen LogP contribution in [0.5, 0.6) is 0 Å². The maximum Gasteiger partial charge on any atom is 0.0446 e. The van der Waals surface area contributed by atoms with Gasteiger partial charge in [-0.1, -0.05) is 13.8 Å². The molecule has 2 atom stereocenters. The molecule has 0 aromatic carbocycles. The van der Waals surface area contributed by atoms with Crippen molar-refractivity contribution in [3.8, 4) is 0 Å². The van der Waals surface area contributed by atoms with Crippen LogP contribution in [0.3, 0.4) is 0 Å². The van der Waals surface area contributed by atoms with Gasteiger partial charge in [0.25, 0.3) is 0 Å². The van der Waals surface area contributed by atoms with E-state index >= 15 is 0 Å². The summed E-state index contributed by atoms with van der Waals surface area (Å²) in [5.41, 5.74) is 0. The zero-order valence-electron chi connectivity index (χ0n) is 6.28. The fourth-order valence-corrected chi connectivity index (χ4v) is 2.03. The molecule has 0 aromatic heterocycles. The smallest absolute Gasteiger partial charge is 0.0446 e. The van der Waals surface area contributed by atoms with E-state index in [1.807, 2.05) is 0 Å². The minimum atomic E-state index is 0.180. The Balaban J connectivity index is 2.45. The van der Waals surface area contributed by atoms with E-state index in [4.69, 9.17) is 11.6 Å². The summed E-state index contributed by atoms with van der Waals surface area (Å²) in [7, 11) is 0. The largest absolute Gasteiger partial charge is 0.119 e. The van der Waals surface area contributed by atoms with Crippen molar-refractivity contribution in [2.24, 2.45) is 5.92 Å². The molecule has 0 bridgehead atoms. The summed E-state index contributed by atoms with van der Waals surface area (Å²) in [6, 6.07) is 0. The Kier molecular flexibility index (Phi) is 2.05. The van der Waals surface area contributed by atoms with Gasteiger partial charge in [0.05, 0.1) is 0 Å². The SMILES string of the molecule is CCC1(Cl)CCC(C)C1. The molecule has 0 aliphatic heterocycles. The van der Waals surface area contributed by atoms with E-state index in [-0.39, 0.29) is 4.87 Å². The van der Waals surface area contributed by atoms with Crippen molar-refractivity contribution < 1.29 is 0 Å². The standard InChI is InChI=1S/C8H15Cl/c1-3-8(9)5-4-7(2)6-8/h7H,3-6H2,1-2H3. The Bertz CT molecular complexity index is 101. The van der Waals surface area contributed by atoms with Gasteiger partial charge in [-0.3, -0.25) is 0 Å². The minimum Gasteiger partial charge on any atom is -0.119 e. The number of hydrogen-bond donors (Lipinski definition) is 0. The van der Waals surface area contributed by atoms with Gasteiger partial charge in [-0.15, -0.1) is 11.6 Å². The molecule has 2 unspecified atom stereocenters. The summed E-state index contributed by atoms with van der Waals surface area (Å²) >= 11 is 6.25. The Morgan fingerprint density at radius 2 is 2.33 bits per heavy atom. The molecule has 54 valence electrons. The molecule has 0 spiro atoms. The third-order valence-electron chi connectivity index (χ3n) is 2.43. The first-order valence-corrected chi connectivity index (χ1v) is 4.23. The molecule has 1 aliphatic rings. The van der Waals surface area contributed by atoms with Crippen LogP contribution in [0.1, 0.15) is 39.5 Å². The van der Waals surface area contributed by atoms with Crippen LogP contribution in [0.2, 0.25) is 0 Å². The summed E-state index contributed by atoms with van der Waals surface area (Å²) in [5, 5.41) is 0. The van der Waals surface area contributed by atoms with Crippen LogP contribution in [0.25, 0.3) is 0 Å². The quantitative estimate of drug-likeness (QED) is 0.499. The average molecular weight is 147 g/mol. The summed E-state index contributed by atoms with van der Waals surface area (Å²) < 4.78 is 0. The minimum absolute atomic E-state index is 0.180. The second-order valence-corrected chi connectivity index (χ2v) is 4.15. The third kappa shape index (κ3) is 1.61. The first-order valence-electron chi connectivity index (χ1n) is 3.85. The van der Waals surface area contributed by atoms with Crippen LogP contribution in [0.4, 0.5) is 0 Å². The predicted molar refractivity (Wildman–Crippen MR) is 41.9 cm³/mol. The molecule has 1 heteroatoms. The molecule has 0 heterocycles. The van der Waals surface area contributed by atoms with Crippen LogP contribution in [0, 0.1) is 5.92 Å². The first kappa shape index (κ1) is 7.40. The van der Waals surface area contributed by atoms with E-state index in [9.17, 15) is 0 Å². The van der Waals surface area contributed by atoms with Crippen LogP contribution >= 0.6 is 11.6 Å². The average Bonchev–Trinajstić information content (AvgIpc) is 2.13. The summed E-state index contributed by atoms with van der Waals surface area (Å²) in [6.07, 6.45) is 4.92. The maximum atomic E-state index is 6.25. The zero-order valence-corrected chi connectivity index (χ0v) is 7.04. The maximum absolute atomic E-state index is 6.25. The van der Waals surface area contributed by atoms with Gasteiger partial charge in [-0.2, -0.15) is 0 Å². The van der Waals surface area contributed by atoms with E-state index in [0.717, 1.165) is 12.3 Å². The van der Waals surface area contributed by atoms with E-state index in [2.05, 4.69) is 13.8 Å². The lowest BCUT2D eigenvalue weighted by Gasteiger charge is -2.17. The van der Waals surface area contributed by atoms with Gasteiger partial charge in [0.1, 0.15) is 0 Å². The van der Waals surface area contributed by atoms with E-state index < -0.39 is 0 Å². The highest BCUT2D eigenvalue weighted by Crippen LogP contribution is 2.41. The third-order valence-corrected chi connectivity index (χ3v) is 3.04. The lowest BCUT2D eigenvalue weighted by atomic mass is 10.0.